The summed E-state index contributed by atoms with van der Waals surface area (Å²) in [6.45, 7) is 6.39. The van der Waals surface area contributed by atoms with Crippen LogP contribution in [0.2, 0.25) is 0 Å². The molecule has 0 saturated carbocycles. The van der Waals surface area contributed by atoms with E-state index >= 15 is 0 Å². The summed E-state index contributed by atoms with van der Waals surface area (Å²) in [6.07, 6.45) is 4.11. The van der Waals surface area contributed by atoms with Gasteiger partial charge in [0.2, 0.25) is 0 Å². The van der Waals surface area contributed by atoms with Gasteiger partial charge in [0.1, 0.15) is 6.29 Å². The smallest absolute Gasteiger partial charge is 0.120 e. The fourth-order valence-corrected chi connectivity index (χ4v) is 1.36. The molecule has 0 radical (unpaired) electrons. The lowest BCUT2D eigenvalue weighted by molar-refractivity contribution is -0.107. The summed E-state index contributed by atoms with van der Waals surface area (Å²) in [5, 5.41) is 6.99. The van der Waals surface area contributed by atoms with Gasteiger partial charge in [-0.3, -0.25) is 5.10 Å². The Balaban J connectivity index is 2.83. The quantitative estimate of drug-likeness (QED) is 0.721. The van der Waals surface area contributed by atoms with Gasteiger partial charge in [-0.25, -0.2) is 0 Å². The number of nitrogens with one attached hydrogen (secondary N) is 1. The van der Waals surface area contributed by atoms with E-state index in [2.05, 4.69) is 31.0 Å². The lowest BCUT2D eigenvalue weighted by Crippen LogP contribution is -2.14. The minimum absolute atomic E-state index is 0.0781. The number of hydrogen-bond acceptors (Lipinski definition) is 2. The van der Waals surface area contributed by atoms with Crippen LogP contribution in [0.1, 0.15) is 38.4 Å². The van der Waals surface area contributed by atoms with Gasteiger partial charge in [-0.2, -0.15) is 5.10 Å². The largest absolute Gasteiger partial charge is 0.303 e. The topological polar surface area (TPSA) is 45.8 Å². The number of H-pyrrole nitrogens is 1. The summed E-state index contributed by atoms with van der Waals surface area (Å²) >= 11 is 0. The molecule has 0 aromatic carbocycles. The molecule has 1 rings (SSSR count). The maximum Gasteiger partial charge on any atom is 0.120 e. The highest BCUT2D eigenvalue weighted by atomic mass is 16.1. The molecule has 0 unspecified atom stereocenters. The molecular formula is C10H16N2O. The first-order valence-corrected chi connectivity index (χ1v) is 4.52. The second-order valence-electron chi connectivity index (χ2n) is 4.23. The summed E-state index contributed by atoms with van der Waals surface area (Å²) in [7, 11) is 0. The Labute approximate surface area is 78.5 Å². The second kappa shape index (κ2) is 3.73. The van der Waals surface area contributed by atoms with E-state index in [1.165, 1.54) is 0 Å². The number of carbonyl (C=O) groups is 1. The van der Waals surface area contributed by atoms with E-state index in [0.717, 1.165) is 24.0 Å². The molecule has 1 heterocycles. The fourth-order valence-electron chi connectivity index (χ4n) is 1.36. The molecule has 0 fully saturated rings. The number of aromatic nitrogens is 2. The van der Waals surface area contributed by atoms with Gasteiger partial charge in [-0.05, 0) is 12.0 Å². The van der Waals surface area contributed by atoms with E-state index in [1.807, 2.05) is 6.20 Å². The van der Waals surface area contributed by atoms with Crippen molar-refractivity contribution in [3.05, 3.63) is 17.5 Å². The Hall–Kier alpha value is -1.12. The molecule has 3 heteroatoms. The Kier molecular flexibility index (Phi) is 2.86. The number of aromatic amines is 1. The van der Waals surface area contributed by atoms with E-state index < -0.39 is 0 Å². The molecule has 0 aliphatic heterocycles. The van der Waals surface area contributed by atoms with E-state index in [0.29, 0.717) is 6.42 Å². The summed E-state index contributed by atoms with van der Waals surface area (Å²) in [5.41, 5.74) is 2.36. The maximum atomic E-state index is 10.2. The summed E-state index contributed by atoms with van der Waals surface area (Å²) in [4.78, 5) is 10.2. The van der Waals surface area contributed by atoms with Gasteiger partial charge < -0.3 is 4.79 Å². The zero-order valence-corrected chi connectivity index (χ0v) is 8.42. The highest BCUT2D eigenvalue weighted by Gasteiger charge is 2.19. The molecule has 1 aromatic heterocycles. The van der Waals surface area contributed by atoms with Crippen LogP contribution < -0.4 is 0 Å². The third-order valence-corrected chi connectivity index (χ3v) is 2.00. The van der Waals surface area contributed by atoms with Crippen LogP contribution in [0.3, 0.4) is 0 Å². The van der Waals surface area contributed by atoms with Crippen molar-refractivity contribution in [2.75, 3.05) is 0 Å². The molecule has 13 heavy (non-hydrogen) atoms. The van der Waals surface area contributed by atoms with Crippen molar-refractivity contribution < 1.29 is 4.79 Å². The highest BCUT2D eigenvalue weighted by Crippen LogP contribution is 2.23. The average Bonchev–Trinajstić information content (AvgIpc) is 2.47. The van der Waals surface area contributed by atoms with Crippen molar-refractivity contribution in [2.45, 2.75) is 39.0 Å². The number of hydrogen-bond donors (Lipinski definition) is 1. The molecule has 1 N–H and O–H groups in total. The van der Waals surface area contributed by atoms with Crippen molar-refractivity contribution in [3.8, 4) is 0 Å². The maximum absolute atomic E-state index is 10.2. The summed E-state index contributed by atoms with van der Waals surface area (Å²) < 4.78 is 0. The number of nitrogens with zero attached hydrogens (tertiary/aromatic N) is 1. The number of rotatable bonds is 3. The van der Waals surface area contributed by atoms with Crippen molar-refractivity contribution >= 4 is 6.29 Å². The first-order valence-electron chi connectivity index (χ1n) is 4.52. The van der Waals surface area contributed by atoms with Gasteiger partial charge >= 0.3 is 0 Å². The zero-order chi connectivity index (χ0) is 9.90. The molecule has 1 aromatic rings. The Morgan fingerprint density at radius 2 is 2.23 bits per heavy atom. The SMILES string of the molecule is CC(C)(C)c1[nH]ncc1CCC=O. The molecule has 72 valence electrons. The van der Waals surface area contributed by atoms with Gasteiger partial charge in [0, 0.05) is 17.5 Å². The third-order valence-electron chi connectivity index (χ3n) is 2.00. The van der Waals surface area contributed by atoms with Crippen LogP contribution in [-0.2, 0) is 16.6 Å². The van der Waals surface area contributed by atoms with Crippen LogP contribution in [0.25, 0.3) is 0 Å². The van der Waals surface area contributed by atoms with Gasteiger partial charge in [-0.1, -0.05) is 20.8 Å². The van der Waals surface area contributed by atoms with Crippen LogP contribution >= 0.6 is 0 Å². The molecule has 0 aliphatic rings. The summed E-state index contributed by atoms with van der Waals surface area (Å²) in [5.74, 6) is 0. The first kappa shape index (κ1) is 9.96. The van der Waals surface area contributed by atoms with Gasteiger partial charge in [0.05, 0.1) is 6.20 Å². The number of aryl methyl sites for hydroxylation is 1. The van der Waals surface area contributed by atoms with Crippen LogP contribution in [0.5, 0.6) is 0 Å². The lowest BCUT2D eigenvalue weighted by Gasteiger charge is -2.17. The fraction of sp³-hybridized carbons (Fsp3) is 0.600. The van der Waals surface area contributed by atoms with Crippen LogP contribution in [0.4, 0.5) is 0 Å². The Bertz CT molecular complexity index is 283. The number of aldehydes is 1. The van der Waals surface area contributed by atoms with Crippen molar-refractivity contribution in [1.82, 2.24) is 10.2 Å². The van der Waals surface area contributed by atoms with Crippen LogP contribution in [0.15, 0.2) is 6.20 Å². The van der Waals surface area contributed by atoms with Crippen molar-refractivity contribution in [1.29, 1.82) is 0 Å². The van der Waals surface area contributed by atoms with E-state index in [4.69, 9.17) is 0 Å². The molecule has 3 nitrogen and oxygen atoms in total. The average molecular weight is 180 g/mol. The number of carbonyl (C=O) groups excluding carboxylic acids is 1. The Morgan fingerprint density at radius 3 is 2.77 bits per heavy atom. The van der Waals surface area contributed by atoms with Crippen LogP contribution in [0, 0.1) is 0 Å². The zero-order valence-electron chi connectivity index (χ0n) is 8.42. The molecule has 0 atom stereocenters. The minimum atomic E-state index is 0.0781. The van der Waals surface area contributed by atoms with Crippen LogP contribution in [-0.4, -0.2) is 16.5 Å². The molecule has 0 saturated heterocycles. The lowest BCUT2D eigenvalue weighted by atomic mass is 9.88. The van der Waals surface area contributed by atoms with Crippen molar-refractivity contribution in [3.63, 3.8) is 0 Å². The molecule has 0 amide bonds. The van der Waals surface area contributed by atoms with Gasteiger partial charge in [0.25, 0.3) is 0 Å². The van der Waals surface area contributed by atoms with Crippen molar-refractivity contribution in [2.24, 2.45) is 0 Å². The molecule has 0 bridgehead atoms. The standard InChI is InChI=1S/C10H16N2O/c1-10(2,3)9-8(5-4-6-13)7-11-12-9/h6-7H,4-5H2,1-3H3,(H,11,12). The third kappa shape index (κ3) is 2.41. The summed E-state index contributed by atoms with van der Waals surface area (Å²) in [6, 6.07) is 0. The monoisotopic (exact) mass is 180 g/mol. The first-order chi connectivity index (χ1) is 6.05. The normalized spacial score (nSPS) is 11.6. The Morgan fingerprint density at radius 1 is 1.54 bits per heavy atom. The molecule has 0 spiro atoms. The predicted molar refractivity (Wildman–Crippen MR) is 51.7 cm³/mol. The van der Waals surface area contributed by atoms with E-state index in [9.17, 15) is 4.79 Å². The highest BCUT2D eigenvalue weighted by molar-refractivity contribution is 5.50. The van der Waals surface area contributed by atoms with Gasteiger partial charge in [-0.15, -0.1) is 0 Å². The molecular weight excluding hydrogens is 164 g/mol. The predicted octanol–water partition coefficient (Wildman–Crippen LogP) is 1.84. The van der Waals surface area contributed by atoms with E-state index in [1.54, 1.807) is 0 Å². The minimum Gasteiger partial charge on any atom is -0.303 e. The van der Waals surface area contributed by atoms with Gasteiger partial charge in [0.15, 0.2) is 0 Å². The molecule has 0 aliphatic carbocycles. The second-order valence-corrected chi connectivity index (χ2v) is 4.23. The van der Waals surface area contributed by atoms with E-state index in [-0.39, 0.29) is 5.41 Å².